The third-order valence-corrected chi connectivity index (χ3v) is 4.15. The first-order chi connectivity index (χ1) is 13.6. The van der Waals surface area contributed by atoms with Gasteiger partial charge in [-0.25, -0.2) is 4.68 Å². The van der Waals surface area contributed by atoms with Crippen molar-refractivity contribution in [2.24, 2.45) is 0 Å². The van der Waals surface area contributed by atoms with Crippen LogP contribution >= 0.6 is 0 Å². The van der Waals surface area contributed by atoms with Gasteiger partial charge < -0.3 is 14.4 Å². The van der Waals surface area contributed by atoms with Gasteiger partial charge in [0, 0.05) is 31.4 Å². The Morgan fingerprint density at radius 1 is 1.21 bits per heavy atom. The van der Waals surface area contributed by atoms with E-state index in [4.69, 9.17) is 14.7 Å². The van der Waals surface area contributed by atoms with Crippen molar-refractivity contribution in [3.8, 4) is 23.3 Å². The number of rotatable bonds is 7. The molecule has 0 unspecified atom stereocenters. The SMILES string of the molecule is COc1cc(C#N)ccc1OCC(=O)N(C)Cc1cnn(-c2ccccc2)c1. The number of hydrogen-bond acceptors (Lipinski definition) is 5. The van der Waals surface area contributed by atoms with Crippen LogP contribution in [0.2, 0.25) is 0 Å². The lowest BCUT2D eigenvalue weighted by Crippen LogP contribution is -2.30. The maximum Gasteiger partial charge on any atom is 0.260 e. The summed E-state index contributed by atoms with van der Waals surface area (Å²) in [5, 5.41) is 13.3. The summed E-state index contributed by atoms with van der Waals surface area (Å²) in [6, 6.07) is 16.6. The molecule has 0 saturated carbocycles. The number of ether oxygens (including phenoxy) is 2. The van der Waals surface area contributed by atoms with E-state index in [1.807, 2.05) is 42.6 Å². The monoisotopic (exact) mass is 376 g/mol. The third kappa shape index (κ3) is 4.48. The second kappa shape index (κ2) is 8.73. The van der Waals surface area contributed by atoms with Crippen molar-refractivity contribution in [2.45, 2.75) is 6.54 Å². The van der Waals surface area contributed by atoms with Gasteiger partial charge in [0.25, 0.3) is 5.91 Å². The number of hydrogen-bond donors (Lipinski definition) is 0. The van der Waals surface area contributed by atoms with E-state index in [2.05, 4.69) is 5.10 Å². The highest BCUT2D eigenvalue weighted by molar-refractivity contribution is 5.77. The Morgan fingerprint density at radius 2 is 2.00 bits per heavy atom. The molecule has 1 aromatic heterocycles. The standard InChI is InChI=1S/C21H20N4O3/c1-24(13-17-12-23-25(14-17)18-6-4-3-5-7-18)21(26)15-28-19-9-8-16(11-22)10-20(19)27-2/h3-10,12,14H,13,15H2,1-2H3. The molecule has 142 valence electrons. The van der Waals surface area contributed by atoms with Crippen LogP contribution < -0.4 is 9.47 Å². The summed E-state index contributed by atoms with van der Waals surface area (Å²) in [7, 11) is 3.20. The number of nitriles is 1. The van der Waals surface area contributed by atoms with Gasteiger partial charge in [0.2, 0.25) is 0 Å². The summed E-state index contributed by atoms with van der Waals surface area (Å²) in [5.41, 5.74) is 2.33. The molecule has 0 N–H and O–H groups in total. The van der Waals surface area contributed by atoms with Gasteiger partial charge in [-0.1, -0.05) is 18.2 Å². The fourth-order valence-electron chi connectivity index (χ4n) is 2.63. The van der Waals surface area contributed by atoms with Crippen LogP contribution in [0.3, 0.4) is 0 Å². The van der Waals surface area contributed by atoms with Crippen molar-refractivity contribution in [3.05, 3.63) is 72.1 Å². The summed E-state index contributed by atoms with van der Waals surface area (Å²) >= 11 is 0. The van der Waals surface area contributed by atoms with Crippen molar-refractivity contribution in [2.75, 3.05) is 20.8 Å². The Bertz CT molecular complexity index is 992. The molecule has 1 heterocycles. The molecule has 7 nitrogen and oxygen atoms in total. The van der Waals surface area contributed by atoms with E-state index >= 15 is 0 Å². The van der Waals surface area contributed by atoms with Crippen molar-refractivity contribution in [1.29, 1.82) is 5.26 Å². The number of carbonyl (C=O) groups is 1. The Labute approximate surface area is 163 Å². The lowest BCUT2D eigenvalue weighted by atomic mass is 10.2. The molecule has 0 saturated heterocycles. The van der Waals surface area contributed by atoms with Crippen LogP contribution in [0, 0.1) is 11.3 Å². The Morgan fingerprint density at radius 3 is 2.71 bits per heavy atom. The van der Waals surface area contributed by atoms with Crippen molar-refractivity contribution < 1.29 is 14.3 Å². The molecule has 0 bridgehead atoms. The van der Waals surface area contributed by atoms with Gasteiger partial charge in [0.15, 0.2) is 18.1 Å². The number of amides is 1. The number of methoxy groups -OCH3 is 1. The predicted molar refractivity (Wildman–Crippen MR) is 103 cm³/mol. The Hall–Kier alpha value is -3.79. The molecular formula is C21H20N4O3. The zero-order valence-electron chi connectivity index (χ0n) is 15.7. The lowest BCUT2D eigenvalue weighted by Gasteiger charge is -2.17. The summed E-state index contributed by atoms with van der Waals surface area (Å²) in [6.07, 6.45) is 3.63. The Balaban J connectivity index is 1.58. The van der Waals surface area contributed by atoms with Gasteiger partial charge in [-0.15, -0.1) is 0 Å². The van der Waals surface area contributed by atoms with Gasteiger partial charge in [0.1, 0.15) is 0 Å². The highest BCUT2D eigenvalue weighted by atomic mass is 16.5. The predicted octanol–water partition coefficient (Wildman–Crippen LogP) is 2.79. The molecule has 2 aromatic carbocycles. The van der Waals surface area contributed by atoms with Gasteiger partial charge in [-0.2, -0.15) is 10.4 Å². The Kier molecular flexibility index (Phi) is 5.92. The van der Waals surface area contributed by atoms with Crippen LogP contribution in [0.25, 0.3) is 5.69 Å². The van der Waals surface area contributed by atoms with Crippen LogP contribution in [-0.2, 0) is 11.3 Å². The number of aromatic nitrogens is 2. The molecule has 3 rings (SSSR count). The molecule has 0 atom stereocenters. The normalized spacial score (nSPS) is 10.2. The quantitative estimate of drug-likeness (QED) is 0.633. The minimum absolute atomic E-state index is 0.133. The largest absolute Gasteiger partial charge is 0.493 e. The third-order valence-electron chi connectivity index (χ3n) is 4.15. The first-order valence-corrected chi connectivity index (χ1v) is 8.64. The number of nitrogens with zero attached hydrogens (tertiary/aromatic N) is 4. The van der Waals surface area contributed by atoms with Gasteiger partial charge in [-0.3, -0.25) is 4.79 Å². The van der Waals surface area contributed by atoms with Crippen LogP contribution in [0.5, 0.6) is 11.5 Å². The molecule has 28 heavy (non-hydrogen) atoms. The van der Waals surface area contributed by atoms with Crippen molar-refractivity contribution in [3.63, 3.8) is 0 Å². The van der Waals surface area contributed by atoms with Crippen LogP contribution in [0.15, 0.2) is 60.9 Å². The highest BCUT2D eigenvalue weighted by Crippen LogP contribution is 2.27. The number of likely N-dealkylation sites (N-methyl/N-ethyl adjacent to an activating group) is 1. The van der Waals surface area contributed by atoms with E-state index in [0.717, 1.165) is 11.3 Å². The minimum Gasteiger partial charge on any atom is -0.493 e. The molecule has 0 fully saturated rings. The van der Waals surface area contributed by atoms with Gasteiger partial charge in [-0.05, 0) is 24.3 Å². The van der Waals surface area contributed by atoms with Gasteiger partial charge >= 0.3 is 0 Å². The molecule has 0 aliphatic rings. The van der Waals surface area contributed by atoms with Crippen molar-refractivity contribution >= 4 is 5.91 Å². The second-order valence-corrected chi connectivity index (χ2v) is 6.14. The molecule has 0 aliphatic heterocycles. The second-order valence-electron chi connectivity index (χ2n) is 6.14. The van der Waals surface area contributed by atoms with E-state index in [1.54, 1.807) is 41.0 Å². The fourth-order valence-corrected chi connectivity index (χ4v) is 2.63. The molecule has 3 aromatic rings. The van der Waals surface area contributed by atoms with E-state index in [-0.39, 0.29) is 12.5 Å². The fraction of sp³-hybridized carbons (Fsp3) is 0.190. The summed E-state index contributed by atoms with van der Waals surface area (Å²) in [4.78, 5) is 14.0. The smallest absolute Gasteiger partial charge is 0.260 e. The summed E-state index contributed by atoms with van der Waals surface area (Å²) in [6.45, 7) is 0.283. The lowest BCUT2D eigenvalue weighted by molar-refractivity contribution is -0.132. The molecule has 7 heteroatoms. The summed E-state index contributed by atoms with van der Waals surface area (Å²) < 4.78 is 12.6. The van der Waals surface area contributed by atoms with Crippen LogP contribution in [-0.4, -0.2) is 41.4 Å². The maximum absolute atomic E-state index is 12.4. The van der Waals surface area contributed by atoms with E-state index in [1.165, 1.54) is 7.11 Å². The van der Waals surface area contributed by atoms with E-state index < -0.39 is 0 Å². The van der Waals surface area contributed by atoms with E-state index in [0.29, 0.717) is 23.6 Å². The molecule has 0 radical (unpaired) electrons. The first kappa shape index (κ1) is 19.0. The summed E-state index contributed by atoms with van der Waals surface area (Å²) in [5.74, 6) is 0.651. The average Bonchev–Trinajstić information content (AvgIpc) is 3.20. The zero-order valence-corrected chi connectivity index (χ0v) is 15.7. The van der Waals surface area contributed by atoms with E-state index in [9.17, 15) is 4.79 Å². The molecular weight excluding hydrogens is 356 g/mol. The number of carbonyl (C=O) groups excluding carboxylic acids is 1. The van der Waals surface area contributed by atoms with Crippen molar-refractivity contribution in [1.82, 2.24) is 14.7 Å². The van der Waals surface area contributed by atoms with Gasteiger partial charge in [0.05, 0.1) is 30.6 Å². The molecule has 0 aliphatic carbocycles. The zero-order chi connectivity index (χ0) is 19.9. The topological polar surface area (TPSA) is 80.4 Å². The maximum atomic E-state index is 12.4. The van der Waals surface area contributed by atoms with Crippen LogP contribution in [0.1, 0.15) is 11.1 Å². The average molecular weight is 376 g/mol. The highest BCUT2D eigenvalue weighted by Gasteiger charge is 2.13. The first-order valence-electron chi connectivity index (χ1n) is 8.64. The molecule has 0 spiro atoms. The molecule has 1 amide bonds. The minimum atomic E-state index is -0.182. The van der Waals surface area contributed by atoms with Crippen LogP contribution in [0.4, 0.5) is 0 Å². The number of benzene rings is 2. The number of para-hydroxylation sites is 1.